The van der Waals surface area contributed by atoms with Crippen molar-refractivity contribution in [2.45, 2.75) is 13.8 Å². The minimum atomic E-state index is -3.41. The maximum Gasteiger partial charge on any atom is 0.301 e. The molecule has 1 rings (SSSR count). The van der Waals surface area contributed by atoms with Gasteiger partial charge in [-0.25, -0.2) is 0 Å². The lowest BCUT2D eigenvalue weighted by atomic mass is 10.1. The fourth-order valence-electron chi connectivity index (χ4n) is 1.09. The molecule has 1 N–H and O–H groups in total. The number of nitrogens with one attached hydrogen (secondary N) is 1. The number of hydrogen-bond acceptors (Lipinski definition) is 2. The summed E-state index contributed by atoms with van der Waals surface area (Å²) in [6.07, 6.45) is 0. The fourth-order valence-corrected chi connectivity index (χ4v) is 1.77. The quantitative estimate of drug-likeness (QED) is 0.852. The van der Waals surface area contributed by atoms with Crippen LogP contribution in [-0.2, 0) is 10.2 Å². The highest BCUT2D eigenvalue weighted by atomic mass is 32.2. The molecule has 0 aliphatic heterocycles. The smallest absolute Gasteiger partial charge is 0.271 e. The Kier molecular flexibility index (Phi) is 3.36. The van der Waals surface area contributed by atoms with Gasteiger partial charge in [0.1, 0.15) is 0 Å². The van der Waals surface area contributed by atoms with Crippen LogP contribution in [0, 0.1) is 13.8 Å². The van der Waals surface area contributed by atoms with Crippen LogP contribution in [0.4, 0.5) is 5.69 Å². The number of aryl methyl sites for hydroxylation is 1. The van der Waals surface area contributed by atoms with E-state index in [2.05, 4.69) is 4.72 Å². The molecule has 0 bridgehead atoms. The number of anilines is 1. The van der Waals surface area contributed by atoms with Gasteiger partial charge in [-0.1, -0.05) is 12.1 Å². The van der Waals surface area contributed by atoms with Crippen LogP contribution in [0.15, 0.2) is 18.2 Å². The second kappa shape index (κ2) is 4.20. The zero-order valence-electron chi connectivity index (χ0n) is 9.40. The van der Waals surface area contributed by atoms with Crippen LogP contribution in [0.25, 0.3) is 0 Å². The molecule has 0 heterocycles. The van der Waals surface area contributed by atoms with Gasteiger partial charge in [0.05, 0.1) is 5.69 Å². The van der Waals surface area contributed by atoms with Crippen LogP contribution in [0.5, 0.6) is 0 Å². The second-order valence-electron chi connectivity index (χ2n) is 3.64. The molecule has 0 spiro atoms. The summed E-state index contributed by atoms with van der Waals surface area (Å²) in [4.78, 5) is 0. The summed E-state index contributed by atoms with van der Waals surface area (Å²) in [5.41, 5.74) is 2.64. The zero-order valence-corrected chi connectivity index (χ0v) is 10.2. The van der Waals surface area contributed by atoms with Crippen molar-refractivity contribution in [3.63, 3.8) is 0 Å². The van der Waals surface area contributed by atoms with Crippen LogP contribution >= 0.6 is 0 Å². The van der Waals surface area contributed by atoms with Crippen LogP contribution in [0.1, 0.15) is 11.1 Å². The molecule has 0 aliphatic carbocycles. The third kappa shape index (κ3) is 2.70. The van der Waals surface area contributed by atoms with Crippen molar-refractivity contribution in [1.29, 1.82) is 0 Å². The highest BCUT2D eigenvalue weighted by Crippen LogP contribution is 2.19. The Labute approximate surface area is 91.1 Å². The fraction of sp³-hybridized carbons (Fsp3) is 0.400. The van der Waals surface area contributed by atoms with Crippen molar-refractivity contribution in [2.75, 3.05) is 18.8 Å². The normalized spacial score (nSPS) is 11.8. The van der Waals surface area contributed by atoms with E-state index in [-0.39, 0.29) is 0 Å². The molecular formula is C10H16N2O2S. The average molecular weight is 228 g/mol. The predicted octanol–water partition coefficient (Wildman–Crippen LogP) is 1.52. The molecule has 15 heavy (non-hydrogen) atoms. The highest BCUT2D eigenvalue weighted by Gasteiger charge is 2.14. The van der Waals surface area contributed by atoms with E-state index in [0.29, 0.717) is 5.69 Å². The molecule has 5 heteroatoms. The number of nitrogens with zero attached hydrogens (tertiary/aromatic N) is 1. The van der Waals surface area contributed by atoms with E-state index < -0.39 is 10.2 Å². The molecule has 1 aromatic carbocycles. The predicted molar refractivity (Wildman–Crippen MR) is 62.1 cm³/mol. The maximum absolute atomic E-state index is 11.6. The summed E-state index contributed by atoms with van der Waals surface area (Å²) < 4.78 is 26.8. The van der Waals surface area contributed by atoms with Gasteiger partial charge in [0, 0.05) is 14.1 Å². The van der Waals surface area contributed by atoms with Gasteiger partial charge >= 0.3 is 10.2 Å². The SMILES string of the molecule is Cc1cccc(NS(=O)(=O)N(C)C)c1C. The molecule has 84 valence electrons. The van der Waals surface area contributed by atoms with Crippen LogP contribution in [0.3, 0.4) is 0 Å². The molecule has 0 saturated heterocycles. The Hall–Kier alpha value is -1.07. The van der Waals surface area contributed by atoms with Gasteiger partial charge < -0.3 is 0 Å². The van der Waals surface area contributed by atoms with Crippen molar-refractivity contribution in [3.8, 4) is 0 Å². The molecule has 0 atom stereocenters. The zero-order chi connectivity index (χ0) is 11.6. The molecule has 1 aromatic rings. The van der Waals surface area contributed by atoms with Gasteiger partial charge in [-0.2, -0.15) is 12.7 Å². The summed E-state index contributed by atoms with van der Waals surface area (Å²) in [5, 5.41) is 0. The van der Waals surface area contributed by atoms with E-state index in [1.54, 1.807) is 6.07 Å². The van der Waals surface area contributed by atoms with Gasteiger partial charge in [0.25, 0.3) is 0 Å². The molecule has 0 amide bonds. The Balaban J connectivity index is 3.06. The Morgan fingerprint density at radius 1 is 1.20 bits per heavy atom. The summed E-state index contributed by atoms with van der Waals surface area (Å²) in [7, 11) is -0.420. The molecule has 0 radical (unpaired) electrons. The lowest BCUT2D eigenvalue weighted by molar-refractivity contribution is 0.527. The van der Waals surface area contributed by atoms with Crippen molar-refractivity contribution in [1.82, 2.24) is 4.31 Å². The number of benzene rings is 1. The standard InChI is InChI=1S/C10H16N2O2S/c1-8-6-5-7-10(9(8)2)11-15(13,14)12(3)4/h5-7,11H,1-4H3. The van der Waals surface area contributed by atoms with Gasteiger partial charge in [-0.15, -0.1) is 0 Å². The van der Waals surface area contributed by atoms with Crippen LogP contribution in [-0.4, -0.2) is 26.8 Å². The van der Waals surface area contributed by atoms with E-state index in [0.717, 1.165) is 15.4 Å². The first-order chi connectivity index (χ1) is 6.84. The lowest BCUT2D eigenvalue weighted by Crippen LogP contribution is -2.29. The minimum absolute atomic E-state index is 0.628. The highest BCUT2D eigenvalue weighted by molar-refractivity contribution is 7.90. The van der Waals surface area contributed by atoms with Crippen molar-refractivity contribution in [2.24, 2.45) is 0 Å². The second-order valence-corrected chi connectivity index (χ2v) is 5.52. The Morgan fingerprint density at radius 3 is 2.33 bits per heavy atom. The van der Waals surface area contributed by atoms with E-state index >= 15 is 0 Å². The first-order valence-electron chi connectivity index (χ1n) is 4.61. The van der Waals surface area contributed by atoms with Gasteiger partial charge in [0.15, 0.2) is 0 Å². The van der Waals surface area contributed by atoms with E-state index in [1.165, 1.54) is 14.1 Å². The van der Waals surface area contributed by atoms with Gasteiger partial charge in [0.2, 0.25) is 0 Å². The molecule has 0 aromatic heterocycles. The summed E-state index contributed by atoms with van der Waals surface area (Å²) in [6.45, 7) is 3.84. The van der Waals surface area contributed by atoms with E-state index in [4.69, 9.17) is 0 Å². The summed E-state index contributed by atoms with van der Waals surface area (Å²) >= 11 is 0. The van der Waals surface area contributed by atoms with E-state index in [1.807, 2.05) is 26.0 Å². The monoisotopic (exact) mass is 228 g/mol. The van der Waals surface area contributed by atoms with Crippen LogP contribution in [0.2, 0.25) is 0 Å². The minimum Gasteiger partial charge on any atom is -0.271 e. The molecule has 0 saturated carbocycles. The molecule has 4 nitrogen and oxygen atoms in total. The number of hydrogen-bond donors (Lipinski definition) is 1. The molecule has 0 unspecified atom stereocenters. The summed E-state index contributed by atoms with van der Waals surface area (Å²) in [6, 6.07) is 5.53. The Bertz CT molecular complexity index is 452. The maximum atomic E-state index is 11.6. The van der Waals surface area contributed by atoms with Gasteiger partial charge in [-0.3, -0.25) is 4.72 Å². The third-order valence-electron chi connectivity index (χ3n) is 2.32. The van der Waals surface area contributed by atoms with Gasteiger partial charge in [-0.05, 0) is 31.0 Å². The average Bonchev–Trinajstić information content (AvgIpc) is 2.12. The first kappa shape index (κ1) is 12.0. The van der Waals surface area contributed by atoms with Crippen molar-refractivity contribution in [3.05, 3.63) is 29.3 Å². The molecule has 0 fully saturated rings. The lowest BCUT2D eigenvalue weighted by Gasteiger charge is -2.15. The first-order valence-corrected chi connectivity index (χ1v) is 6.05. The molecule has 0 aliphatic rings. The van der Waals surface area contributed by atoms with Crippen LogP contribution < -0.4 is 4.72 Å². The molecular weight excluding hydrogens is 212 g/mol. The van der Waals surface area contributed by atoms with Crippen molar-refractivity contribution < 1.29 is 8.42 Å². The Morgan fingerprint density at radius 2 is 1.80 bits per heavy atom. The third-order valence-corrected chi connectivity index (χ3v) is 3.76. The van der Waals surface area contributed by atoms with Crippen molar-refractivity contribution >= 4 is 15.9 Å². The summed E-state index contributed by atoms with van der Waals surface area (Å²) in [5.74, 6) is 0. The topological polar surface area (TPSA) is 49.4 Å². The van der Waals surface area contributed by atoms with E-state index in [9.17, 15) is 8.42 Å². The largest absolute Gasteiger partial charge is 0.301 e. The number of rotatable bonds is 3.